The molecule has 8 heteroatoms. The van der Waals surface area contributed by atoms with Crippen molar-refractivity contribution in [3.63, 3.8) is 0 Å². The van der Waals surface area contributed by atoms with E-state index in [0.29, 0.717) is 29.0 Å². The van der Waals surface area contributed by atoms with E-state index in [-0.39, 0.29) is 0 Å². The molecule has 0 aliphatic rings. The number of hydrogen-bond donors (Lipinski definition) is 1. The average Bonchev–Trinajstić information content (AvgIpc) is 3.07. The quantitative estimate of drug-likeness (QED) is 0.724. The van der Waals surface area contributed by atoms with E-state index in [1.54, 1.807) is 0 Å². The van der Waals surface area contributed by atoms with Crippen LogP contribution >= 0.6 is 23.1 Å². The third-order valence-electron chi connectivity index (χ3n) is 2.46. The van der Waals surface area contributed by atoms with Gasteiger partial charge in [0.2, 0.25) is 11.0 Å². The number of hydrogen-bond acceptors (Lipinski definition) is 8. The minimum absolute atomic E-state index is 0.461. The van der Waals surface area contributed by atoms with Crippen molar-refractivity contribution in [1.29, 1.82) is 0 Å². The monoisotopic (exact) mass is 305 g/mol. The number of aromatic nitrogens is 4. The van der Waals surface area contributed by atoms with Gasteiger partial charge in [-0.2, -0.15) is 4.98 Å². The Balaban J connectivity index is 1.59. The number of benzene rings is 1. The molecule has 0 unspecified atom stereocenters. The Bertz CT molecular complexity index is 682. The molecule has 0 spiro atoms. The SMILES string of the molecule is Nc1nnc(SCc2nc(Cc3ccccc3)no2)s1. The molecule has 2 aromatic heterocycles. The molecular weight excluding hydrogens is 294 g/mol. The highest BCUT2D eigenvalue weighted by molar-refractivity contribution is 8.00. The van der Waals surface area contributed by atoms with Crippen LogP contribution < -0.4 is 5.73 Å². The number of anilines is 1. The Morgan fingerprint density at radius 3 is 2.80 bits per heavy atom. The van der Waals surface area contributed by atoms with Crippen molar-refractivity contribution >= 4 is 28.2 Å². The van der Waals surface area contributed by atoms with Crippen LogP contribution in [0, 0.1) is 0 Å². The fraction of sp³-hybridized carbons (Fsp3) is 0.167. The van der Waals surface area contributed by atoms with Gasteiger partial charge in [0.1, 0.15) is 0 Å². The summed E-state index contributed by atoms with van der Waals surface area (Å²) in [5.74, 6) is 1.83. The van der Waals surface area contributed by atoms with Gasteiger partial charge in [0.15, 0.2) is 10.2 Å². The molecule has 3 aromatic rings. The van der Waals surface area contributed by atoms with E-state index < -0.39 is 0 Å². The van der Waals surface area contributed by atoms with Crippen LogP contribution in [0.25, 0.3) is 0 Å². The largest absolute Gasteiger partial charge is 0.374 e. The lowest BCUT2D eigenvalue weighted by Crippen LogP contribution is -1.90. The third kappa shape index (κ3) is 3.34. The van der Waals surface area contributed by atoms with Gasteiger partial charge in [-0.3, -0.25) is 0 Å². The molecule has 0 amide bonds. The zero-order chi connectivity index (χ0) is 13.8. The van der Waals surface area contributed by atoms with Gasteiger partial charge < -0.3 is 10.3 Å². The molecule has 0 atom stereocenters. The van der Waals surface area contributed by atoms with E-state index in [1.807, 2.05) is 30.3 Å². The van der Waals surface area contributed by atoms with Crippen molar-refractivity contribution in [2.45, 2.75) is 16.5 Å². The Hall–Kier alpha value is -1.93. The molecule has 0 aliphatic heterocycles. The lowest BCUT2D eigenvalue weighted by molar-refractivity contribution is 0.386. The Kier molecular flexibility index (Phi) is 3.93. The zero-order valence-corrected chi connectivity index (χ0v) is 12.0. The maximum absolute atomic E-state index is 5.52. The summed E-state index contributed by atoms with van der Waals surface area (Å²) < 4.78 is 6.01. The number of rotatable bonds is 5. The number of nitrogens with zero attached hydrogens (tertiary/aromatic N) is 4. The van der Waals surface area contributed by atoms with Gasteiger partial charge in [-0.1, -0.05) is 58.6 Å². The second-order valence-electron chi connectivity index (χ2n) is 3.96. The fourth-order valence-electron chi connectivity index (χ4n) is 1.60. The van der Waals surface area contributed by atoms with Gasteiger partial charge >= 0.3 is 0 Å². The van der Waals surface area contributed by atoms with Gasteiger partial charge in [-0.05, 0) is 5.56 Å². The molecule has 2 heterocycles. The summed E-state index contributed by atoms with van der Waals surface area (Å²) in [7, 11) is 0. The van der Waals surface area contributed by atoms with Crippen LogP contribution in [0.5, 0.6) is 0 Å². The molecule has 102 valence electrons. The molecule has 6 nitrogen and oxygen atoms in total. The minimum Gasteiger partial charge on any atom is -0.374 e. The van der Waals surface area contributed by atoms with E-state index in [4.69, 9.17) is 10.3 Å². The summed E-state index contributed by atoms with van der Waals surface area (Å²) >= 11 is 2.83. The smallest absolute Gasteiger partial charge is 0.237 e. The van der Waals surface area contributed by atoms with E-state index in [9.17, 15) is 0 Å². The Morgan fingerprint density at radius 2 is 2.05 bits per heavy atom. The first-order valence-electron chi connectivity index (χ1n) is 5.87. The van der Waals surface area contributed by atoms with E-state index in [1.165, 1.54) is 23.1 Å². The molecule has 20 heavy (non-hydrogen) atoms. The molecule has 0 bridgehead atoms. The second kappa shape index (κ2) is 6.02. The summed E-state index contributed by atoms with van der Waals surface area (Å²) in [5.41, 5.74) is 6.67. The predicted octanol–water partition coefficient (Wildman–Crippen LogP) is 2.39. The van der Waals surface area contributed by atoms with Crippen molar-refractivity contribution in [1.82, 2.24) is 20.3 Å². The topological polar surface area (TPSA) is 90.7 Å². The minimum atomic E-state index is 0.461. The van der Waals surface area contributed by atoms with Crippen molar-refractivity contribution in [2.75, 3.05) is 5.73 Å². The summed E-state index contributed by atoms with van der Waals surface area (Å²) in [6.45, 7) is 0. The summed E-state index contributed by atoms with van der Waals surface area (Å²) in [6.07, 6.45) is 0.667. The van der Waals surface area contributed by atoms with Crippen LogP contribution in [0.1, 0.15) is 17.3 Å². The van der Waals surface area contributed by atoms with Crippen LogP contribution in [0.3, 0.4) is 0 Å². The van der Waals surface area contributed by atoms with E-state index in [0.717, 1.165) is 9.90 Å². The van der Waals surface area contributed by atoms with Crippen LogP contribution in [0.15, 0.2) is 39.2 Å². The molecular formula is C12H11N5OS2. The van der Waals surface area contributed by atoms with Crippen LogP contribution in [0.4, 0.5) is 5.13 Å². The summed E-state index contributed by atoms with van der Waals surface area (Å²) in [5, 5.41) is 12.1. The maximum atomic E-state index is 5.52. The van der Waals surface area contributed by atoms with Gasteiger partial charge in [-0.25, -0.2) is 0 Å². The number of nitrogens with two attached hydrogens (primary N) is 1. The first kappa shape index (κ1) is 13.1. The molecule has 1 aromatic carbocycles. The molecule has 2 N–H and O–H groups in total. The van der Waals surface area contributed by atoms with Crippen molar-refractivity contribution in [3.05, 3.63) is 47.6 Å². The van der Waals surface area contributed by atoms with Gasteiger partial charge in [0.05, 0.1) is 5.75 Å². The first-order chi connectivity index (χ1) is 9.79. The van der Waals surface area contributed by atoms with Crippen LogP contribution in [-0.2, 0) is 12.2 Å². The Labute approximate surface area is 123 Å². The van der Waals surface area contributed by atoms with E-state index in [2.05, 4.69) is 20.3 Å². The summed E-state index contributed by atoms with van der Waals surface area (Å²) in [4.78, 5) is 4.35. The van der Waals surface area contributed by atoms with Crippen molar-refractivity contribution in [2.24, 2.45) is 0 Å². The number of thioether (sulfide) groups is 1. The van der Waals surface area contributed by atoms with Crippen molar-refractivity contribution < 1.29 is 4.52 Å². The van der Waals surface area contributed by atoms with Gasteiger partial charge in [-0.15, -0.1) is 10.2 Å². The summed E-state index contributed by atoms with van der Waals surface area (Å²) in [6, 6.07) is 10.0. The highest BCUT2D eigenvalue weighted by Crippen LogP contribution is 2.26. The van der Waals surface area contributed by atoms with Gasteiger partial charge in [0, 0.05) is 6.42 Å². The molecule has 0 fully saturated rings. The molecule has 3 rings (SSSR count). The second-order valence-corrected chi connectivity index (χ2v) is 6.19. The lowest BCUT2D eigenvalue weighted by atomic mass is 10.1. The average molecular weight is 305 g/mol. The number of nitrogen functional groups attached to an aromatic ring is 1. The molecule has 0 saturated heterocycles. The Morgan fingerprint density at radius 1 is 1.20 bits per heavy atom. The van der Waals surface area contributed by atoms with Crippen molar-refractivity contribution in [3.8, 4) is 0 Å². The highest BCUT2D eigenvalue weighted by Gasteiger charge is 2.09. The standard InChI is InChI=1S/C12H11N5OS2/c13-11-15-16-12(20-11)19-7-10-14-9(17-18-10)6-8-4-2-1-3-5-8/h1-5H,6-7H2,(H2,13,15). The molecule has 0 radical (unpaired) electrons. The molecule has 0 aliphatic carbocycles. The zero-order valence-electron chi connectivity index (χ0n) is 10.4. The lowest BCUT2D eigenvalue weighted by Gasteiger charge is -1.94. The van der Waals surface area contributed by atoms with E-state index >= 15 is 0 Å². The maximum Gasteiger partial charge on any atom is 0.237 e. The van der Waals surface area contributed by atoms with Gasteiger partial charge in [0.25, 0.3) is 0 Å². The van der Waals surface area contributed by atoms with Crippen LogP contribution in [0.2, 0.25) is 0 Å². The highest BCUT2D eigenvalue weighted by atomic mass is 32.2. The third-order valence-corrected chi connectivity index (χ3v) is 4.33. The first-order valence-corrected chi connectivity index (χ1v) is 7.67. The predicted molar refractivity (Wildman–Crippen MR) is 77.4 cm³/mol. The van der Waals surface area contributed by atoms with Crippen LogP contribution in [-0.4, -0.2) is 20.3 Å². The molecule has 0 saturated carbocycles. The normalized spacial score (nSPS) is 10.8. The fourth-order valence-corrected chi connectivity index (χ4v) is 3.07.